The molecule has 3 N–H and O–H groups in total. The van der Waals surface area contributed by atoms with Gasteiger partial charge >= 0.3 is 0 Å². The van der Waals surface area contributed by atoms with Gasteiger partial charge in [-0.05, 0) is 12.1 Å². The van der Waals surface area contributed by atoms with Gasteiger partial charge in [0.25, 0.3) is 0 Å². The fourth-order valence-electron chi connectivity index (χ4n) is 1.83. The van der Waals surface area contributed by atoms with Crippen molar-refractivity contribution in [2.45, 2.75) is 0 Å². The third kappa shape index (κ3) is 2.15. The van der Waals surface area contributed by atoms with Crippen LogP contribution in [0.3, 0.4) is 0 Å². The van der Waals surface area contributed by atoms with E-state index in [0.717, 1.165) is 43.3 Å². The minimum absolute atomic E-state index is 0.817. The van der Waals surface area contributed by atoms with Crippen LogP contribution in [0.2, 0.25) is 0 Å². The summed E-state index contributed by atoms with van der Waals surface area (Å²) in [4.78, 5) is 2.29. The Morgan fingerprint density at radius 2 is 2.07 bits per heavy atom. The standard InChI is InChI=1S/C11H17N3O/c1-15-9-2-3-10(12)11(8-9)14-6-4-13-5-7-14/h2-3,8,13H,4-7,12H2,1H3. The van der Waals surface area contributed by atoms with Gasteiger partial charge in [0.15, 0.2) is 0 Å². The summed E-state index contributed by atoms with van der Waals surface area (Å²) in [6.07, 6.45) is 0. The van der Waals surface area contributed by atoms with Crippen molar-refractivity contribution in [1.29, 1.82) is 0 Å². The molecule has 82 valence electrons. The molecule has 1 saturated heterocycles. The molecule has 0 unspecified atom stereocenters. The second-order valence-electron chi connectivity index (χ2n) is 3.66. The van der Waals surface area contributed by atoms with Gasteiger partial charge in [0.1, 0.15) is 5.75 Å². The van der Waals surface area contributed by atoms with E-state index < -0.39 is 0 Å². The average Bonchev–Trinajstić information content (AvgIpc) is 2.31. The van der Waals surface area contributed by atoms with Gasteiger partial charge in [-0.25, -0.2) is 0 Å². The first-order chi connectivity index (χ1) is 7.31. The quantitative estimate of drug-likeness (QED) is 0.700. The lowest BCUT2D eigenvalue weighted by Gasteiger charge is -2.30. The summed E-state index contributed by atoms with van der Waals surface area (Å²) in [6, 6.07) is 5.79. The molecule has 1 heterocycles. The van der Waals surface area contributed by atoms with Crippen LogP contribution in [0.1, 0.15) is 0 Å². The van der Waals surface area contributed by atoms with Gasteiger partial charge in [-0.3, -0.25) is 0 Å². The maximum atomic E-state index is 5.96. The molecule has 0 aliphatic carbocycles. The fourth-order valence-corrected chi connectivity index (χ4v) is 1.83. The number of rotatable bonds is 2. The number of piperazine rings is 1. The van der Waals surface area contributed by atoms with E-state index in [2.05, 4.69) is 10.2 Å². The highest BCUT2D eigenvalue weighted by Gasteiger charge is 2.13. The lowest BCUT2D eigenvalue weighted by molar-refractivity contribution is 0.414. The number of benzene rings is 1. The molecule has 1 aromatic carbocycles. The molecule has 1 aromatic rings. The van der Waals surface area contributed by atoms with Crippen LogP contribution in [0, 0.1) is 0 Å². The number of nitrogens with one attached hydrogen (secondary N) is 1. The average molecular weight is 207 g/mol. The van der Waals surface area contributed by atoms with Crippen molar-refractivity contribution in [3.05, 3.63) is 18.2 Å². The van der Waals surface area contributed by atoms with Gasteiger partial charge in [0.05, 0.1) is 18.5 Å². The number of anilines is 2. The Labute approximate surface area is 90.0 Å². The Kier molecular flexibility index (Phi) is 2.97. The summed E-state index contributed by atoms with van der Waals surface area (Å²) in [7, 11) is 1.67. The molecule has 1 aliphatic heterocycles. The number of ether oxygens (including phenoxy) is 1. The first kappa shape index (κ1) is 10.1. The van der Waals surface area contributed by atoms with Crippen LogP contribution in [0.25, 0.3) is 0 Å². The molecule has 0 aromatic heterocycles. The molecule has 0 bridgehead atoms. The molecule has 0 radical (unpaired) electrons. The van der Waals surface area contributed by atoms with Crippen molar-refractivity contribution in [2.75, 3.05) is 43.9 Å². The van der Waals surface area contributed by atoms with Crippen LogP contribution < -0.4 is 20.7 Å². The summed E-state index contributed by atoms with van der Waals surface area (Å²) in [5, 5.41) is 3.32. The van der Waals surface area contributed by atoms with E-state index in [0.29, 0.717) is 0 Å². The Balaban J connectivity index is 2.24. The summed E-state index contributed by atoms with van der Waals surface area (Å²) in [5.41, 5.74) is 7.85. The Bertz CT molecular complexity index is 335. The number of hydrogen-bond donors (Lipinski definition) is 2. The van der Waals surface area contributed by atoms with Gasteiger partial charge in [0.2, 0.25) is 0 Å². The van der Waals surface area contributed by atoms with Crippen molar-refractivity contribution in [1.82, 2.24) is 5.32 Å². The van der Waals surface area contributed by atoms with E-state index in [-0.39, 0.29) is 0 Å². The Morgan fingerprint density at radius 3 is 2.73 bits per heavy atom. The van der Waals surface area contributed by atoms with Gasteiger partial charge in [-0.15, -0.1) is 0 Å². The van der Waals surface area contributed by atoms with Crippen molar-refractivity contribution in [3.8, 4) is 5.75 Å². The van der Waals surface area contributed by atoms with E-state index in [1.54, 1.807) is 7.11 Å². The van der Waals surface area contributed by atoms with E-state index in [1.807, 2.05) is 18.2 Å². The summed E-state index contributed by atoms with van der Waals surface area (Å²) in [5.74, 6) is 0.859. The van der Waals surface area contributed by atoms with E-state index in [1.165, 1.54) is 0 Å². The van der Waals surface area contributed by atoms with E-state index in [4.69, 9.17) is 10.5 Å². The Hall–Kier alpha value is -1.42. The normalized spacial score (nSPS) is 16.5. The lowest BCUT2D eigenvalue weighted by Crippen LogP contribution is -2.43. The van der Waals surface area contributed by atoms with Gasteiger partial charge in [-0.1, -0.05) is 0 Å². The van der Waals surface area contributed by atoms with E-state index >= 15 is 0 Å². The van der Waals surface area contributed by atoms with Gasteiger partial charge in [-0.2, -0.15) is 0 Å². The monoisotopic (exact) mass is 207 g/mol. The number of methoxy groups -OCH3 is 1. The number of nitrogen functional groups attached to an aromatic ring is 1. The van der Waals surface area contributed by atoms with Crippen LogP contribution >= 0.6 is 0 Å². The van der Waals surface area contributed by atoms with Gasteiger partial charge in [0, 0.05) is 32.2 Å². The smallest absolute Gasteiger partial charge is 0.121 e. The predicted molar refractivity (Wildman–Crippen MR) is 62.5 cm³/mol. The summed E-state index contributed by atoms with van der Waals surface area (Å²) < 4.78 is 5.20. The molecule has 0 saturated carbocycles. The van der Waals surface area contributed by atoms with Crippen LogP contribution in [-0.4, -0.2) is 33.3 Å². The SMILES string of the molecule is COc1ccc(N)c(N2CCNCC2)c1. The molecule has 1 aliphatic rings. The number of hydrogen-bond acceptors (Lipinski definition) is 4. The van der Waals surface area contributed by atoms with Crippen LogP contribution in [0.4, 0.5) is 11.4 Å². The largest absolute Gasteiger partial charge is 0.497 e. The second-order valence-corrected chi connectivity index (χ2v) is 3.66. The van der Waals surface area contributed by atoms with E-state index in [9.17, 15) is 0 Å². The molecular weight excluding hydrogens is 190 g/mol. The highest BCUT2D eigenvalue weighted by atomic mass is 16.5. The highest BCUT2D eigenvalue weighted by molar-refractivity contribution is 5.69. The fraction of sp³-hybridized carbons (Fsp3) is 0.455. The molecule has 0 amide bonds. The topological polar surface area (TPSA) is 50.5 Å². The zero-order valence-electron chi connectivity index (χ0n) is 8.99. The third-order valence-electron chi connectivity index (χ3n) is 2.70. The number of nitrogens with two attached hydrogens (primary N) is 1. The maximum Gasteiger partial charge on any atom is 0.121 e. The molecular formula is C11H17N3O. The molecule has 4 nitrogen and oxygen atoms in total. The zero-order valence-corrected chi connectivity index (χ0v) is 8.99. The minimum Gasteiger partial charge on any atom is -0.497 e. The van der Waals surface area contributed by atoms with Crippen LogP contribution in [0.15, 0.2) is 18.2 Å². The second kappa shape index (κ2) is 4.40. The molecule has 4 heteroatoms. The van der Waals surface area contributed by atoms with Crippen molar-refractivity contribution in [3.63, 3.8) is 0 Å². The maximum absolute atomic E-state index is 5.96. The molecule has 0 atom stereocenters. The Morgan fingerprint density at radius 1 is 1.33 bits per heavy atom. The first-order valence-electron chi connectivity index (χ1n) is 5.20. The van der Waals surface area contributed by atoms with Gasteiger partial charge < -0.3 is 20.7 Å². The summed E-state index contributed by atoms with van der Waals surface area (Å²) in [6.45, 7) is 4.02. The van der Waals surface area contributed by atoms with Crippen molar-refractivity contribution < 1.29 is 4.74 Å². The number of nitrogens with zero attached hydrogens (tertiary/aromatic N) is 1. The van der Waals surface area contributed by atoms with Crippen LogP contribution in [0.5, 0.6) is 5.75 Å². The molecule has 0 spiro atoms. The molecule has 15 heavy (non-hydrogen) atoms. The zero-order chi connectivity index (χ0) is 10.7. The lowest BCUT2D eigenvalue weighted by atomic mass is 10.2. The third-order valence-corrected chi connectivity index (χ3v) is 2.70. The minimum atomic E-state index is 0.817. The molecule has 1 fully saturated rings. The molecule has 2 rings (SSSR count). The summed E-state index contributed by atoms with van der Waals surface area (Å²) >= 11 is 0. The van der Waals surface area contributed by atoms with Crippen molar-refractivity contribution in [2.24, 2.45) is 0 Å². The van der Waals surface area contributed by atoms with Crippen LogP contribution in [-0.2, 0) is 0 Å². The highest BCUT2D eigenvalue weighted by Crippen LogP contribution is 2.28. The predicted octanol–water partition coefficient (Wildman–Crippen LogP) is 0.687. The van der Waals surface area contributed by atoms with Crippen molar-refractivity contribution >= 4 is 11.4 Å². The first-order valence-corrected chi connectivity index (χ1v) is 5.20.